The molecule has 0 aromatic carbocycles. The minimum absolute atomic E-state index is 0.270. The van der Waals surface area contributed by atoms with Crippen LogP contribution in [0.5, 0.6) is 0 Å². The lowest BCUT2D eigenvalue weighted by molar-refractivity contribution is -0.293. The van der Waals surface area contributed by atoms with Gasteiger partial charge in [-0.2, -0.15) is 0 Å². The average Bonchev–Trinajstić information content (AvgIpc) is 2.92. The van der Waals surface area contributed by atoms with Crippen molar-refractivity contribution in [3.05, 3.63) is 31.3 Å². The van der Waals surface area contributed by atoms with E-state index in [1.165, 1.54) is 0 Å². The number of amides is 1. The Morgan fingerprint density at radius 1 is 0.766 bits per heavy atom. The highest BCUT2D eigenvalue weighted by Crippen LogP contribution is 2.36. The molecule has 22 nitrogen and oxygen atoms in total. The van der Waals surface area contributed by atoms with Crippen LogP contribution >= 0.6 is 0 Å². The molecule has 1 N–H and O–H groups in total. The third-order valence-corrected chi connectivity index (χ3v) is 6.44. The molecule has 1 aliphatic carbocycles. The zero-order valence-electron chi connectivity index (χ0n) is 26.6. The molecule has 1 amide bonds. The van der Waals surface area contributed by atoms with Crippen LogP contribution in [0.3, 0.4) is 0 Å². The maximum atomic E-state index is 12.7. The summed E-state index contributed by atoms with van der Waals surface area (Å²) in [6, 6.07) is -4.06. The van der Waals surface area contributed by atoms with Crippen LogP contribution in [0.15, 0.2) is 15.3 Å². The fraction of sp³-hybridized carbons (Fsp3) is 0.800. The molecule has 1 saturated heterocycles. The highest BCUT2D eigenvalue weighted by atomic mass is 16.7. The van der Waals surface area contributed by atoms with Crippen LogP contribution in [0.25, 0.3) is 31.3 Å². The Morgan fingerprint density at radius 2 is 1.30 bits per heavy atom. The Labute approximate surface area is 267 Å². The summed E-state index contributed by atoms with van der Waals surface area (Å²) in [6.45, 7) is 8.51. The number of alkyl carbamates (subject to hydrolysis) is 1. The quantitative estimate of drug-likeness (QED) is 0.109. The first-order valence-corrected chi connectivity index (χ1v) is 14.1. The molecule has 0 spiro atoms. The summed E-state index contributed by atoms with van der Waals surface area (Å²) in [5, 5.41) is 13.4. The second kappa shape index (κ2) is 17.1. The van der Waals surface area contributed by atoms with Gasteiger partial charge >= 0.3 is 30.0 Å². The molecular weight excluding hydrogens is 632 g/mol. The number of esters is 4. The highest BCUT2D eigenvalue weighted by Gasteiger charge is 2.55. The molecule has 1 saturated carbocycles. The number of carbonyl (C=O) groups excluding carboxylic acids is 5. The van der Waals surface area contributed by atoms with E-state index in [2.05, 4.69) is 35.4 Å². The number of carbonyl (C=O) groups is 5. The minimum atomic E-state index is -1.74. The molecule has 10 atom stereocenters. The molecule has 1 heterocycles. The van der Waals surface area contributed by atoms with Gasteiger partial charge in [-0.3, -0.25) is 19.2 Å². The first kappa shape index (κ1) is 38.2. The number of ether oxygens (including phenoxy) is 7. The molecule has 0 radical (unpaired) electrons. The molecular formula is C25H36N10O12. The Kier molecular flexibility index (Phi) is 13.9. The van der Waals surface area contributed by atoms with Crippen molar-refractivity contribution in [2.45, 2.75) is 122 Å². The first-order valence-electron chi connectivity index (χ1n) is 14.1. The Hall–Kier alpha value is -5.00. The molecule has 47 heavy (non-hydrogen) atoms. The van der Waals surface area contributed by atoms with Crippen molar-refractivity contribution in [3.8, 4) is 0 Å². The van der Waals surface area contributed by atoms with Gasteiger partial charge < -0.3 is 38.5 Å². The monoisotopic (exact) mass is 668 g/mol. The number of nitrogens with one attached hydrogen (secondary N) is 1. The van der Waals surface area contributed by atoms with Gasteiger partial charge in [-0.1, -0.05) is 15.3 Å². The summed E-state index contributed by atoms with van der Waals surface area (Å²) in [6.07, 6.45) is -11.9. The molecule has 0 unspecified atom stereocenters. The van der Waals surface area contributed by atoms with Crippen LogP contribution in [-0.4, -0.2) is 103 Å². The molecule has 0 bridgehead atoms. The van der Waals surface area contributed by atoms with E-state index in [4.69, 9.17) is 38.7 Å². The van der Waals surface area contributed by atoms with Gasteiger partial charge in [0.15, 0.2) is 30.7 Å². The average molecular weight is 669 g/mol. The van der Waals surface area contributed by atoms with Crippen LogP contribution in [0.2, 0.25) is 0 Å². The minimum Gasteiger partial charge on any atom is -0.458 e. The van der Waals surface area contributed by atoms with Gasteiger partial charge in [-0.25, -0.2) is 4.79 Å². The Bertz CT molecular complexity index is 1340. The lowest BCUT2D eigenvalue weighted by Crippen LogP contribution is -2.66. The number of hydrogen-bond acceptors (Lipinski definition) is 15. The van der Waals surface area contributed by atoms with E-state index in [9.17, 15) is 35.0 Å². The lowest BCUT2D eigenvalue weighted by atomic mass is 9.83. The fourth-order valence-corrected chi connectivity index (χ4v) is 5.04. The molecule has 2 aliphatic rings. The van der Waals surface area contributed by atoms with Gasteiger partial charge in [0.2, 0.25) is 0 Å². The third-order valence-electron chi connectivity index (χ3n) is 6.44. The van der Waals surface area contributed by atoms with Gasteiger partial charge in [0.05, 0.1) is 18.6 Å². The smallest absolute Gasteiger partial charge is 0.408 e. The largest absolute Gasteiger partial charge is 0.458 e. The molecule has 0 aromatic heterocycles. The van der Waals surface area contributed by atoms with Gasteiger partial charge in [-0.05, 0) is 43.8 Å². The molecule has 258 valence electrons. The summed E-state index contributed by atoms with van der Waals surface area (Å²) >= 11 is 0. The zero-order valence-corrected chi connectivity index (χ0v) is 26.6. The Balaban J connectivity index is 2.69. The van der Waals surface area contributed by atoms with Crippen molar-refractivity contribution in [1.29, 1.82) is 0 Å². The van der Waals surface area contributed by atoms with Gasteiger partial charge in [0.25, 0.3) is 0 Å². The predicted molar refractivity (Wildman–Crippen MR) is 153 cm³/mol. The lowest BCUT2D eigenvalue weighted by Gasteiger charge is -2.48. The number of rotatable bonds is 11. The van der Waals surface area contributed by atoms with E-state index in [0.29, 0.717) is 0 Å². The molecule has 2 fully saturated rings. The normalized spacial score (nSPS) is 30.0. The SMILES string of the molecule is CC(=O)O[C@@H]1[C@@H](OC(C)=O)[C@H](NC(=O)OC(C)(C)C)C[C@H](N=[N+]=[N-])[C@H]1O[C@H]1O[C@H](CN=[N+]=[N-])[C@@H](OC(C)=O)[C@H](OC(C)=O)[C@H]1N=[N+]=[N-]. The number of azide groups is 3. The van der Waals surface area contributed by atoms with Crippen LogP contribution in [-0.2, 0) is 52.3 Å². The Morgan fingerprint density at radius 3 is 1.81 bits per heavy atom. The fourth-order valence-electron chi connectivity index (χ4n) is 5.04. The first-order chi connectivity index (χ1) is 22.0. The topological polar surface area (TPSA) is 308 Å². The van der Waals surface area contributed by atoms with Crippen molar-refractivity contribution >= 4 is 30.0 Å². The summed E-state index contributed by atoms with van der Waals surface area (Å²) in [5.74, 6) is -3.48. The van der Waals surface area contributed by atoms with E-state index < -0.39 is 103 Å². The second-order valence-electron chi connectivity index (χ2n) is 11.3. The molecule has 22 heteroatoms. The van der Waals surface area contributed by atoms with Crippen molar-refractivity contribution in [1.82, 2.24) is 5.32 Å². The van der Waals surface area contributed by atoms with Crippen LogP contribution in [0, 0.1) is 0 Å². The van der Waals surface area contributed by atoms with Crippen molar-refractivity contribution in [2.24, 2.45) is 15.3 Å². The predicted octanol–water partition coefficient (Wildman–Crippen LogP) is 2.79. The maximum Gasteiger partial charge on any atom is 0.408 e. The number of hydrogen-bond donors (Lipinski definition) is 1. The van der Waals surface area contributed by atoms with Gasteiger partial charge in [0, 0.05) is 42.4 Å². The van der Waals surface area contributed by atoms with Crippen molar-refractivity contribution < 1.29 is 57.1 Å². The van der Waals surface area contributed by atoms with Crippen LogP contribution in [0.4, 0.5) is 4.79 Å². The van der Waals surface area contributed by atoms with E-state index in [-0.39, 0.29) is 6.42 Å². The van der Waals surface area contributed by atoms with Crippen molar-refractivity contribution in [2.75, 3.05) is 6.54 Å². The zero-order chi connectivity index (χ0) is 35.5. The summed E-state index contributed by atoms with van der Waals surface area (Å²) < 4.78 is 39.0. The summed E-state index contributed by atoms with van der Waals surface area (Å²) in [7, 11) is 0. The molecule has 1 aliphatic heterocycles. The van der Waals surface area contributed by atoms with Crippen LogP contribution < -0.4 is 5.32 Å². The van der Waals surface area contributed by atoms with Gasteiger partial charge in [-0.15, -0.1) is 0 Å². The summed E-state index contributed by atoms with van der Waals surface area (Å²) in [5.41, 5.74) is 26.8. The third kappa shape index (κ3) is 11.4. The number of nitrogens with zero attached hydrogens (tertiary/aromatic N) is 9. The second-order valence-corrected chi connectivity index (χ2v) is 11.3. The van der Waals surface area contributed by atoms with E-state index >= 15 is 0 Å². The van der Waals surface area contributed by atoms with Gasteiger partial charge in [0.1, 0.15) is 23.9 Å². The molecule has 0 aromatic rings. The van der Waals surface area contributed by atoms with E-state index in [1.54, 1.807) is 20.8 Å². The van der Waals surface area contributed by atoms with Crippen molar-refractivity contribution in [3.63, 3.8) is 0 Å². The molecule has 2 rings (SSSR count). The highest BCUT2D eigenvalue weighted by molar-refractivity contribution is 5.70. The van der Waals surface area contributed by atoms with Crippen LogP contribution in [0.1, 0.15) is 54.9 Å². The maximum absolute atomic E-state index is 12.7. The standard InChI is InChI=1S/C25H36N10O12/c1-10(36)41-18-14(30-24(40)47-25(5,6)7)8-15(31-34-27)19(22(18)44-13(4)39)46-23-17(32-35-28)21(43-12(3)38)20(42-11(2)37)16(45-23)9-29-33-26/h14-23H,8-9H2,1-7H3,(H,30,40)/t14-,15+,16-,17-,18+,19-,20-,21-,22-,23-/m1/s1. The van der Waals surface area contributed by atoms with E-state index in [0.717, 1.165) is 27.7 Å². The summed E-state index contributed by atoms with van der Waals surface area (Å²) in [4.78, 5) is 69.6. The van der Waals surface area contributed by atoms with E-state index in [1.807, 2.05) is 0 Å².